The van der Waals surface area contributed by atoms with E-state index in [1.165, 1.54) is 7.11 Å². The first-order chi connectivity index (χ1) is 9.52. The fourth-order valence-corrected chi connectivity index (χ4v) is 1.59. The van der Waals surface area contributed by atoms with E-state index >= 15 is 0 Å². The average Bonchev–Trinajstić information content (AvgIpc) is 2.45. The van der Waals surface area contributed by atoms with Gasteiger partial charge in [-0.1, -0.05) is 30.3 Å². The Morgan fingerprint density at radius 3 is 2.55 bits per heavy atom. The van der Waals surface area contributed by atoms with Crippen LogP contribution in [0.3, 0.4) is 0 Å². The van der Waals surface area contributed by atoms with Crippen molar-refractivity contribution in [2.24, 2.45) is 0 Å². The summed E-state index contributed by atoms with van der Waals surface area (Å²) in [5.74, 6) is -0.726. The Morgan fingerprint density at radius 2 is 1.95 bits per heavy atom. The molecule has 1 aromatic rings. The summed E-state index contributed by atoms with van der Waals surface area (Å²) in [7, 11) is 1.19. The van der Waals surface area contributed by atoms with Crippen molar-refractivity contribution in [3.63, 3.8) is 0 Å². The minimum absolute atomic E-state index is 0.0626. The van der Waals surface area contributed by atoms with Crippen molar-refractivity contribution in [3.8, 4) is 0 Å². The highest BCUT2D eigenvalue weighted by molar-refractivity contribution is 5.74. The molecule has 0 aromatic heterocycles. The topological polar surface area (TPSA) is 84.9 Å². The molecule has 2 atom stereocenters. The van der Waals surface area contributed by atoms with Gasteiger partial charge in [0.2, 0.25) is 0 Å². The fourth-order valence-electron chi connectivity index (χ4n) is 1.59. The number of hydrogen-bond acceptors (Lipinski definition) is 5. The number of carbonyl (C=O) groups excluding carboxylic acids is 2. The molecule has 20 heavy (non-hydrogen) atoms. The number of nitrogens with one attached hydrogen (secondary N) is 1. The van der Waals surface area contributed by atoms with Gasteiger partial charge in [-0.05, 0) is 12.5 Å². The van der Waals surface area contributed by atoms with Gasteiger partial charge in [0.25, 0.3) is 0 Å². The molecule has 6 heteroatoms. The maximum absolute atomic E-state index is 11.5. The monoisotopic (exact) mass is 281 g/mol. The molecule has 0 aliphatic rings. The molecule has 0 aliphatic carbocycles. The molecule has 0 aliphatic heterocycles. The van der Waals surface area contributed by atoms with Gasteiger partial charge in [-0.15, -0.1) is 0 Å². The summed E-state index contributed by atoms with van der Waals surface area (Å²) in [5.41, 5.74) is 0.880. The van der Waals surface area contributed by atoms with Crippen LogP contribution in [0, 0.1) is 0 Å². The standard InChI is InChI=1S/C14H19NO5/c1-10(8-12(16)13(17)19-2)15-14(18)20-9-11-6-4-3-5-7-11/h3-7,10,12,16H,8-9H2,1-2H3,(H,15,18)/t10-,12+/m0/s1. The first-order valence-corrected chi connectivity index (χ1v) is 6.26. The molecule has 0 saturated heterocycles. The molecular weight excluding hydrogens is 262 g/mol. The number of aliphatic hydroxyl groups excluding tert-OH is 1. The number of amides is 1. The zero-order valence-corrected chi connectivity index (χ0v) is 11.5. The molecule has 0 unspecified atom stereocenters. The second kappa shape index (κ2) is 8.16. The van der Waals surface area contributed by atoms with E-state index in [1.807, 2.05) is 30.3 Å². The van der Waals surface area contributed by atoms with E-state index in [4.69, 9.17) is 4.74 Å². The summed E-state index contributed by atoms with van der Waals surface area (Å²) >= 11 is 0. The van der Waals surface area contributed by atoms with Crippen molar-refractivity contribution in [2.45, 2.75) is 32.1 Å². The number of benzene rings is 1. The second-order valence-corrected chi connectivity index (χ2v) is 4.38. The summed E-state index contributed by atoms with van der Waals surface area (Å²) in [6.07, 6.45) is -1.80. The number of carbonyl (C=O) groups is 2. The first kappa shape index (κ1) is 16.0. The second-order valence-electron chi connectivity index (χ2n) is 4.38. The van der Waals surface area contributed by atoms with Crippen molar-refractivity contribution in [1.82, 2.24) is 5.32 Å². The molecule has 0 radical (unpaired) electrons. The van der Waals surface area contributed by atoms with E-state index in [9.17, 15) is 14.7 Å². The van der Waals surface area contributed by atoms with Crippen LogP contribution in [-0.4, -0.2) is 36.4 Å². The lowest BCUT2D eigenvalue weighted by Crippen LogP contribution is -2.37. The summed E-state index contributed by atoms with van der Waals surface area (Å²) in [5, 5.41) is 12.0. The van der Waals surface area contributed by atoms with Gasteiger partial charge in [0.05, 0.1) is 7.11 Å². The van der Waals surface area contributed by atoms with Crippen LogP contribution in [0.25, 0.3) is 0 Å². The number of hydrogen-bond donors (Lipinski definition) is 2. The molecule has 2 N–H and O–H groups in total. The van der Waals surface area contributed by atoms with Crippen LogP contribution >= 0.6 is 0 Å². The normalized spacial score (nSPS) is 13.2. The quantitative estimate of drug-likeness (QED) is 0.766. The van der Waals surface area contributed by atoms with E-state index < -0.39 is 24.2 Å². The third-order valence-corrected chi connectivity index (χ3v) is 2.63. The molecule has 6 nitrogen and oxygen atoms in total. The third kappa shape index (κ3) is 5.71. The van der Waals surface area contributed by atoms with Crippen LogP contribution < -0.4 is 5.32 Å². The molecule has 1 aromatic carbocycles. The summed E-state index contributed by atoms with van der Waals surface area (Å²) < 4.78 is 9.41. The maximum atomic E-state index is 11.5. The third-order valence-electron chi connectivity index (χ3n) is 2.63. The van der Waals surface area contributed by atoms with Crippen LogP contribution in [0.2, 0.25) is 0 Å². The Morgan fingerprint density at radius 1 is 1.30 bits per heavy atom. The predicted molar refractivity (Wildman–Crippen MR) is 71.9 cm³/mol. The number of ether oxygens (including phenoxy) is 2. The highest BCUT2D eigenvalue weighted by Gasteiger charge is 2.20. The Bertz CT molecular complexity index is 434. The van der Waals surface area contributed by atoms with Crippen LogP contribution in [0.15, 0.2) is 30.3 Å². The summed E-state index contributed by atoms with van der Waals surface area (Å²) in [4.78, 5) is 22.5. The van der Waals surface area contributed by atoms with Crippen LogP contribution in [0.5, 0.6) is 0 Å². The van der Waals surface area contributed by atoms with Crippen LogP contribution in [-0.2, 0) is 20.9 Å². The molecule has 0 bridgehead atoms. The van der Waals surface area contributed by atoms with Crippen molar-refractivity contribution < 1.29 is 24.2 Å². The van der Waals surface area contributed by atoms with Gasteiger partial charge in [-0.25, -0.2) is 9.59 Å². The Balaban J connectivity index is 2.29. The molecule has 110 valence electrons. The molecule has 0 fully saturated rings. The zero-order chi connectivity index (χ0) is 15.0. The van der Waals surface area contributed by atoms with E-state index in [1.54, 1.807) is 6.92 Å². The molecular formula is C14H19NO5. The Kier molecular flexibility index (Phi) is 6.52. The molecule has 1 rings (SSSR count). The smallest absolute Gasteiger partial charge is 0.407 e. The van der Waals surface area contributed by atoms with E-state index in [0.717, 1.165) is 5.56 Å². The van der Waals surface area contributed by atoms with E-state index in [-0.39, 0.29) is 13.0 Å². The number of aliphatic hydroxyl groups is 1. The summed E-state index contributed by atoms with van der Waals surface area (Å²) in [6, 6.07) is 8.86. The lowest BCUT2D eigenvalue weighted by atomic mass is 10.1. The SMILES string of the molecule is COC(=O)[C@H](O)C[C@H](C)NC(=O)OCc1ccccc1. The van der Waals surface area contributed by atoms with E-state index in [2.05, 4.69) is 10.1 Å². The first-order valence-electron chi connectivity index (χ1n) is 6.26. The lowest BCUT2D eigenvalue weighted by molar-refractivity contribution is -0.150. The van der Waals surface area contributed by atoms with E-state index in [0.29, 0.717) is 0 Å². The van der Waals surface area contributed by atoms with Crippen molar-refractivity contribution in [3.05, 3.63) is 35.9 Å². The minimum atomic E-state index is -1.26. The van der Waals surface area contributed by atoms with Crippen molar-refractivity contribution in [2.75, 3.05) is 7.11 Å². The van der Waals surface area contributed by atoms with Gasteiger partial charge in [-0.3, -0.25) is 0 Å². The zero-order valence-electron chi connectivity index (χ0n) is 11.5. The average molecular weight is 281 g/mol. The number of alkyl carbamates (subject to hydrolysis) is 1. The molecule has 0 spiro atoms. The van der Waals surface area contributed by atoms with Gasteiger partial charge >= 0.3 is 12.1 Å². The summed E-state index contributed by atoms with van der Waals surface area (Å²) in [6.45, 7) is 1.83. The van der Waals surface area contributed by atoms with Gasteiger partial charge in [0.1, 0.15) is 6.61 Å². The van der Waals surface area contributed by atoms with Gasteiger partial charge in [0.15, 0.2) is 6.10 Å². The maximum Gasteiger partial charge on any atom is 0.407 e. The van der Waals surface area contributed by atoms with Gasteiger partial charge in [0, 0.05) is 12.5 Å². The highest BCUT2D eigenvalue weighted by atomic mass is 16.5. The lowest BCUT2D eigenvalue weighted by Gasteiger charge is -2.16. The highest BCUT2D eigenvalue weighted by Crippen LogP contribution is 2.03. The number of methoxy groups -OCH3 is 1. The largest absolute Gasteiger partial charge is 0.467 e. The number of esters is 1. The van der Waals surface area contributed by atoms with Gasteiger partial charge < -0.3 is 19.9 Å². The molecule has 0 heterocycles. The predicted octanol–water partition coefficient (Wildman–Crippen LogP) is 1.23. The number of rotatable bonds is 6. The molecule has 1 amide bonds. The Labute approximate surface area is 117 Å². The fraction of sp³-hybridized carbons (Fsp3) is 0.429. The minimum Gasteiger partial charge on any atom is -0.467 e. The van der Waals surface area contributed by atoms with Crippen molar-refractivity contribution in [1.29, 1.82) is 0 Å². The van der Waals surface area contributed by atoms with Crippen molar-refractivity contribution >= 4 is 12.1 Å². The molecule has 0 saturated carbocycles. The van der Waals surface area contributed by atoms with Crippen LogP contribution in [0.1, 0.15) is 18.9 Å². The van der Waals surface area contributed by atoms with Crippen LogP contribution in [0.4, 0.5) is 4.79 Å². The Hall–Kier alpha value is -2.08. The van der Waals surface area contributed by atoms with Gasteiger partial charge in [-0.2, -0.15) is 0 Å².